The van der Waals surface area contributed by atoms with Crippen LogP contribution in [-0.2, 0) is 20.4 Å². The topological polar surface area (TPSA) is 60.2 Å². The number of thiophene rings is 1. The van der Waals surface area contributed by atoms with Gasteiger partial charge < -0.3 is 5.73 Å². The number of hydrogen-bond donors (Lipinski definition) is 2. The number of fused-ring (bicyclic) bond motifs is 4. The smallest absolute Gasteiger partial charge is 0.197 e. The molecular weight excluding hydrogens is 531 g/mol. The molecule has 0 saturated heterocycles. The van der Waals surface area contributed by atoms with E-state index in [4.69, 9.17) is 5.73 Å². The lowest BCUT2D eigenvalue weighted by molar-refractivity contribution is -0.114. The van der Waals surface area contributed by atoms with Gasteiger partial charge in [-0.3, -0.25) is 9.59 Å². The van der Waals surface area contributed by atoms with Crippen LogP contribution in [0.25, 0.3) is 17.2 Å². The van der Waals surface area contributed by atoms with Gasteiger partial charge in [0.05, 0.1) is 5.57 Å². The second-order valence-corrected chi connectivity index (χ2v) is 13.3. The van der Waals surface area contributed by atoms with Crippen molar-refractivity contribution >= 4 is 53.3 Å². The van der Waals surface area contributed by atoms with Gasteiger partial charge in [-0.2, -0.15) is 12.6 Å². The van der Waals surface area contributed by atoms with E-state index in [1.165, 1.54) is 33.3 Å². The molecule has 0 aliphatic heterocycles. The van der Waals surface area contributed by atoms with Gasteiger partial charge in [0.15, 0.2) is 12.1 Å². The Hall–Kier alpha value is -3.41. The normalized spacial score (nSPS) is 22.9. The van der Waals surface area contributed by atoms with E-state index in [9.17, 15) is 9.59 Å². The van der Waals surface area contributed by atoms with Gasteiger partial charge >= 0.3 is 0 Å². The van der Waals surface area contributed by atoms with Crippen molar-refractivity contribution in [1.29, 1.82) is 0 Å². The van der Waals surface area contributed by atoms with Crippen molar-refractivity contribution in [2.24, 2.45) is 11.7 Å². The Bertz CT molecular complexity index is 1650. The summed E-state index contributed by atoms with van der Waals surface area (Å²) >= 11 is 5.68. The number of hydrogen-bond acceptors (Lipinski definition) is 5. The molecule has 0 radical (unpaired) electrons. The number of allylic oxidation sites excluding steroid dienone is 10. The van der Waals surface area contributed by atoms with E-state index in [0.29, 0.717) is 23.4 Å². The average Bonchev–Trinajstić information content (AvgIpc) is 3.50. The van der Waals surface area contributed by atoms with Crippen LogP contribution < -0.4 is 5.73 Å². The maximum atomic E-state index is 12.9. The van der Waals surface area contributed by atoms with Gasteiger partial charge in [-0.1, -0.05) is 76.8 Å². The predicted octanol–water partition coefficient (Wildman–Crippen LogP) is 8.13. The number of benzene rings is 1. The van der Waals surface area contributed by atoms with Crippen LogP contribution in [0.15, 0.2) is 94.6 Å². The lowest BCUT2D eigenvalue weighted by Crippen LogP contribution is -2.25. The van der Waals surface area contributed by atoms with Gasteiger partial charge in [0.2, 0.25) is 0 Å². The number of ketones is 1. The quantitative estimate of drug-likeness (QED) is 0.0928. The summed E-state index contributed by atoms with van der Waals surface area (Å²) < 4.78 is 0. The van der Waals surface area contributed by atoms with Crippen molar-refractivity contribution in [3.63, 3.8) is 0 Å². The molecule has 0 fully saturated rings. The monoisotopic (exact) mass is 565 g/mol. The Balaban J connectivity index is 1.50. The van der Waals surface area contributed by atoms with E-state index >= 15 is 0 Å². The lowest BCUT2D eigenvalue weighted by atomic mass is 9.72. The first kappa shape index (κ1) is 28.1. The highest BCUT2D eigenvalue weighted by atomic mass is 32.1. The molecule has 1 aromatic carbocycles. The summed E-state index contributed by atoms with van der Waals surface area (Å²) in [4.78, 5) is 26.7. The van der Waals surface area contributed by atoms with Gasteiger partial charge in [-0.05, 0) is 81.2 Å². The van der Waals surface area contributed by atoms with Crippen LogP contribution in [0.4, 0.5) is 0 Å². The summed E-state index contributed by atoms with van der Waals surface area (Å²) in [5, 5.41) is 1.40. The Kier molecular flexibility index (Phi) is 7.18. The number of rotatable bonds is 6. The molecule has 1 aromatic heterocycles. The predicted molar refractivity (Wildman–Crippen MR) is 172 cm³/mol. The molecule has 2 N–H and O–H groups in total. The molecule has 1 atom stereocenters. The van der Waals surface area contributed by atoms with Crippen molar-refractivity contribution < 1.29 is 9.59 Å². The van der Waals surface area contributed by atoms with E-state index in [0.717, 1.165) is 27.3 Å². The summed E-state index contributed by atoms with van der Waals surface area (Å²) in [6.45, 7) is 14.7. The first-order chi connectivity index (χ1) is 18.9. The van der Waals surface area contributed by atoms with Crippen LogP contribution in [0, 0.1) is 5.92 Å². The largest absolute Gasteiger partial charge is 0.404 e. The number of carbonyl (C=O) groups is 2. The zero-order valence-corrected chi connectivity index (χ0v) is 25.4. The summed E-state index contributed by atoms with van der Waals surface area (Å²) in [6, 6.07) is 10.9. The lowest BCUT2D eigenvalue weighted by Gasteiger charge is -2.31. The molecule has 5 rings (SSSR count). The summed E-state index contributed by atoms with van der Waals surface area (Å²) in [7, 11) is 0. The fourth-order valence-corrected chi connectivity index (χ4v) is 8.07. The Morgan fingerprint density at radius 1 is 1.15 bits per heavy atom. The second kappa shape index (κ2) is 10.2. The van der Waals surface area contributed by atoms with E-state index in [1.54, 1.807) is 30.5 Å². The molecular formula is C35H35NO2S2. The van der Waals surface area contributed by atoms with E-state index in [2.05, 4.69) is 95.5 Å². The molecule has 1 unspecified atom stereocenters. The van der Waals surface area contributed by atoms with Gasteiger partial charge in [0.1, 0.15) is 0 Å². The third-order valence-corrected chi connectivity index (χ3v) is 10.1. The zero-order chi connectivity index (χ0) is 29.0. The van der Waals surface area contributed by atoms with Crippen molar-refractivity contribution in [1.82, 2.24) is 0 Å². The summed E-state index contributed by atoms with van der Waals surface area (Å²) in [5.74, 6) is 0.0474. The zero-order valence-electron chi connectivity index (χ0n) is 23.7. The third-order valence-electron chi connectivity index (χ3n) is 8.75. The third kappa shape index (κ3) is 4.36. The van der Waals surface area contributed by atoms with Gasteiger partial charge in [-0.15, -0.1) is 11.3 Å². The molecule has 3 nitrogen and oxygen atoms in total. The van der Waals surface area contributed by atoms with E-state index in [1.807, 2.05) is 0 Å². The van der Waals surface area contributed by atoms with Crippen LogP contribution in [0.3, 0.4) is 0 Å². The summed E-state index contributed by atoms with van der Waals surface area (Å²) in [5.41, 5.74) is 15.9. The molecule has 204 valence electrons. The van der Waals surface area contributed by atoms with Crippen LogP contribution >= 0.6 is 24.0 Å². The van der Waals surface area contributed by atoms with Crippen LogP contribution in [-0.4, -0.2) is 12.1 Å². The number of thiol groups is 1. The molecule has 3 aliphatic rings. The maximum absolute atomic E-state index is 12.9. The second-order valence-electron chi connectivity index (χ2n) is 11.9. The van der Waals surface area contributed by atoms with Crippen LogP contribution in [0.2, 0.25) is 0 Å². The average molecular weight is 566 g/mol. The molecule has 0 bridgehead atoms. The van der Waals surface area contributed by atoms with E-state index in [-0.39, 0.29) is 22.2 Å². The van der Waals surface area contributed by atoms with Crippen molar-refractivity contribution in [3.05, 3.63) is 121 Å². The standard InChI is InChI=1S/C35H35NO2S2/c1-20(2)27(19-39)32(38)22(18-37)15-23-16-31-33(40-23)26(17-36)30(35(31,5)6)14-21-11-12-25-24-9-7-8-10-28(24)34(3,4)29(25)13-21/h7-12,14-19,29,39H,1,13,36H2,2-6H3/b22-15-,26-17+,27-19+,30-14+. The number of nitrogens with two attached hydrogens (primary N) is 1. The Morgan fingerprint density at radius 3 is 2.52 bits per heavy atom. The first-order valence-corrected chi connectivity index (χ1v) is 14.8. The minimum atomic E-state index is -0.380. The highest BCUT2D eigenvalue weighted by Gasteiger charge is 2.44. The molecule has 0 amide bonds. The fraction of sp³-hybridized carbons (Fsp3) is 0.257. The highest BCUT2D eigenvalue weighted by molar-refractivity contribution is 7.83. The number of aldehydes is 1. The number of carbonyl (C=O) groups excluding carboxylic acids is 2. The molecule has 5 heteroatoms. The van der Waals surface area contributed by atoms with Crippen LogP contribution in [0.1, 0.15) is 67.5 Å². The van der Waals surface area contributed by atoms with Crippen molar-refractivity contribution in [2.75, 3.05) is 0 Å². The maximum Gasteiger partial charge on any atom is 0.197 e. The van der Waals surface area contributed by atoms with Crippen molar-refractivity contribution in [3.8, 4) is 0 Å². The van der Waals surface area contributed by atoms with E-state index < -0.39 is 0 Å². The Labute approximate surface area is 246 Å². The minimum Gasteiger partial charge on any atom is -0.404 e. The molecule has 2 aromatic rings. The molecule has 1 heterocycles. The SMILES string of the molecule is C=C(C)/C(=C\S)C(=O)/C(C=O)=C\c1cc2c(s1)C(=C/N)/C(=C\C1=CC=C3c4ccccc4C(C)(C)C3C1)C2(C)C. The summed E-state index contributed by atoms with van der Waals surface area (Å²) in [6.07, 6.45) is 11.8. The minimum absolute atomic E-state index is 0.0673. The van der Waals surface area contributed by atoms with Gasteiger partial charge in [0, 0.05) is 32.5 Å². The Morgan fingerprint density at radius 2 is 1.88 bits per heavy atom. The number of Topliss-reactive ketones (excluding diaryl/α,β-unsaturated/α-hetero) is 1. The molecule has 0 spiro atoms. The molecule has 0 saturated carbocycles. The molecule has 3 aliphatic carbocycles. The van der Waals surface area contributed by atoms with Crippen LogP contribution in [0.5, 0.6) is 0 Å². The first-order valence-electron chi connectivity index (χ1n) is 13.5. The van der Waals surface area contributed by atoms with Gasteiger partial charge in [0.25, 0.3) is 0 Å². The van der Waals surface area contributed by atoms with Gasteiger partial charge in [-0.25, -0.2) is 0 Å². The van der Waals surface area contributed by atoms with Crippen molar-refractivity contribution in [2.45, 2.75) is 51.9 Å². The highest BCUT2D eigenvalue weighted by Crippen LogP contribution is 2.56. The molecule has 40 heavy (non-hydrogen) atoms. The fourth-order valence-electron chi connectivity index (χ4n) is 6.42.